The van der Waals surface area contributed by atoms with Crippen molar-refractivity contribution < 1.29 is 17.6 Å². The summed E-state index contributed by atoms with van der Waals surface area (Å²) in [6, 6.07) is 4.92. The van der Waals surface area contributed by atoms with Gasteiger partial charge in [0.05, 0.1) is 11.2 Å². The highest BCUT2D eigenvalue weighted by atomic mass is 32.2. The molecule has 2 aromatic rings. The quantitative estimate of drug-likeness (QED) is 0.526. The zero-order valence-corrected chi connectivity index (χ0v) is 17.3. The maximum absolute atomic E-state index is 12.6. The third-order valence-corrected chi connectivity index (χ3v) is 6.60. The molecule has 2 N–H and O–H groups in total. The van der Waals surface area contributed by atoms with E-state index in [4.69, 9.17) is 4.42 Å². The van der Waals surface area contributed by atoms with Gasteiger partial charge in [0.15, 0.2) is 0 Å². The Bertz CT molecular complexity index is 900. The molecule has 1 aliphatic carbocycles. The number of benzene rings is 1. The Labute approximate surface area is 167 Å². The molecule has 6 nitrogen and oxygen atoms in total. The Morgan fingerprint density at radius 2 is 2.00 bits per heavy atom. The van der Waals surface area contributed by atoms with E-state index in [9.17, 15) is 13.2 Å². The summed E-state index contributed by atoms with van der Waals surface area (Å²) in [4.78, 5) is 12.1. The first kappa shape index (κ1) is 20.9. The number of fused-ring (bicyclic) bond motifs is 1. The SMILES string of the molecule is CCCCCCNS(=O)(=O)c1ccc2occ(CCNC(=O)CC3CC3)c2c1. The molecule has 0 atom stereocenters. The zero-order chi connectivity index (χ0) is 20.0. The predicted octanol–water partition coefficient (Wildman–Crippen LogP) is 3.75. The molecule has 0 saturated heterocycles. The van der Waals surface area contributed by atoms with Crippen molar-refractivity contribution in [3.63, 3.8) is 0 Å². The van der Waals surface area contributed by atoms with Gasteiger partial charge >= 0.3 is 0 Å². The minimum Gasteiger partial charge on any atom is -0.464 e. The Balaban J connectivity index is 1.59. The van der Waals surface area contributed by atoms with E-state index in [1.807, 2.05) is 0 Å². The third-order valence-electron chi connectivity index (χ3n) is 5.15. The number of hydrogen-bond acceptors (Lipinski definition) is 4. The first-order chi connectivity index (χ1) is 13.5. The number of carbonyl (C=O) groups is 1. The zero-order valence-electron chi connectivity index (χ0n) is 16.5. The Hall–Kier alpha value is -1.86. The van der Waals surface area contributed by atoms with Crippen molar-refractivity contribution in [2.45, 2.75) is 63.2 Å². The van der Waals surface area contributed by atoms with Gasteiger partial charge < -0.3 is 9.73 Å². The summed E-state index contributed by atoms with van der Waals surface area (Å²) < 4.78 is 33.3. The fourth-order valence-electron chi connectivity index (χ4n) is 3.26. The van der Waals surface area contributed by atoms with Gasteiger partial charge in [-0.05, 0) is 55.4 Å². The summed E-state index contributed by atoms with van der Waals surface area (Å²) in [5.74, 6) is 0.655. The average Bonchev–Trinajstić information content (AvgIpc) is 3.39. The van der Waals surface area contributed by atoms with Gasteiger partial charge in [0.1, 0.15) is 5.58 Å². The monoisotopic (exact) mass is 406 g/mol. The van der Waals surface area contributed by atoms with Crippen LogP contribution in [0.1, 0.15) is 57.4 Å². The van der Waals surface area contributed by atoms with E-state index in [1.54, 1.807) is 24.5 Å². The lowest BCUT2D eigenvalue weighted by atomic mass is 10.1. The smallest absolute Gasteiger partial charge is 0.240 e. The van der Waals surface area contributed by atoms with E-state index in [-0.39, 0.29) is 10.8 Å². The number of furan rings is 1. The van der Waals surface area contributed by atoms with Crippen LogP contribution in [0.3, 0.4) is 0 Å². The molecule has 0 unspecified atom stereocenters. The number of carbonyl (C=O) groups excluding carboxylic acids is 1. The first-order valence-electron chi connectivity index (χ1n) is 10.3. The molecule has 1 aliphatic rings. The van der Waals surface area contributed by atoms with Gasteiger partial charge in [-0.1, -0.05) is 26.2 Å². The lowest BCUT2D eigenvalue weighted by Gasteiger charge is -2.07. The predicted molar refractivity (Wildman–Crippen MR) is 110 cm³/mol. The Morgan fingerprint density at radius 3 is 2.75 bits per heavy atom. The van der Waals surface area contributed by atoms with Crippen molar-refractivity contribution in [2.24, 2.45) is 5.92 Å². The van der Waals surface area contributed by atoms with Crippen LogP contribution in [0.15, 0.2) is 33.8 Å². The third kappa shape index (κ3) is 5.82. The Morgan fingerprint density at radius 1 is 1.18 bits per heavy atom. The number of sulfonamides is 1. The van der Waals surface area contributed by atoms with Crippen LogP contribution in [-0.2, 0) is 21.2 Å². The normalized spacial score (nSPS) is 14.5. The molecule has 1 aromatic carbocycles. The van der Waals surface area contributed by atoms with Crippen molar-refractivity contribution >= 4 is 26.9 Å². The number of rotatable bonds is 12. The number of unbranched alkanes of at least 4 members (excludes halogenated alkanes) is 3. The Kier molecular flexibility index (Phi) is 7.13. The topological polar surface area (TPSA) is 88.4 Å². The van der Waals surface area contributed by atoms with Crippen LogP contribution in [0, 0.1) is 5.92 Å². The summed E-state index contributed by atoms with van der Waals surface area (Å²) in [6.07, 6.45) is 9.27. The van der Waals surface area contributed by atoms with Crippen molar-refractivity contribution in [3.8, 4) is 0 Å². The second-order valence-corrected chi connectivity index (χ2v) is 9.39. The van der Waals surface area contributed by atoms with Crippen LogP contribution < -0.4 is 10.0 Å². The maximum Gasteiger partial charge on any atom is 0.240 e. The van der Waals surface area contributed by atoms with Crippen molar-refractivity contribution in [3.05, 3.63) is 30.0 Å². The molecule has 1 aromatic heterocycles. The largest absolute Gasteiger partial charge is 0.464 e. The minimum atomic E-state index is -3.54. The molecule has 1 heterocycles. The summed E-state index contributed by atoms with van der Waals surface area (Å²) in [6.45, 7) is 3.10. The molecular formula is C21H30N2O4S. The highest BCUT2D eigenvalue weighted by Gasteiger charge is 2.24. The van der Waals surface area contributed by atoms with Crippen LogP contribution in [0.25, 0.3) is 11.0 Å². The van der Waals surface area contributed by atoms with E-state index in [2.05, 4.69) is 17.0 Å². The molecule has 0 radical (unpaired) electrons. The number of nitrogens with one attached hydrogen (secondary N) is 2. The molecule has 0 aliphatic heterocycles. The molecular weight excluding hydrogens is 376 g/mol. The van der Waals surface area contributed by atoms with Gasteiger partial charge in [0.25, 0.3) is 0 Å². The maximum atomic E-state index is 12.6. The van der Waals surface area contributed by atoms with E-state index in [0.717, 1.165) is 49.5 Å². The molecule has 7 heteroatoms. The average molecular weight is 407 g/mol. The van der Waals surface area contributed by atoms with E-state index in [0.29, 0.717) is 37.4 Å². The van der Waals surface area contributed by atoms with Crippen LogP contribution in [0.5, 0.6) is 0 Å². The molecule has 1 fully saturated rings. The molecule has 154 valence electrons. The van der Waals surface area contributed by atoms with E-state index >= 15 is 0 Å². The van der Waals surface area contributed by atoms with Crippen molar-refractivity contribution in [1.82, 2.24) is 10.0 Å². The van der Waals surface area contributed by atoms with Crippen LogP contribution in [0.2, 0.25) is 0 Å². The first-order valence-corrected chi connectivity index (χ1v) is 11.7. The molecule has 1 saturated carbocycles. The lowest BCUT2D eigenvalue weighted by molar-refractivity contribution is -0.121. The van der Waals surface area contributed by atoms with Crippen molar-refractivity contribution in [1.29, 1.82) is 0 Å². The van der Waals surface area contributed by atoms with Crippen LogP contribution in [0.4, 0.5) is 0 Å². The lowest BCUT2D eigenvalue weighted by Crippen LogP contribution is -2.25. The van der Waals surface area contributed by atoms with E-state index < -0.39 is 10.0 Å². The second-order valence-electron chi connectivity index (χ2n) is 7.62. The van der Waals surface area contributed by atoms with Gasteiger partial charge in [-0.3, -0.25) is 4.79 Å². The molecule has 28 heavy (non-hydrogen) atoms. The number of hydrogen-bond donors (Lipinski definition) is 2. The molecule has 0 bridgehead atoms. The van der Waals surface area contributed by atoms with E-state index in [1.165, 1.54) is 0 Å². The fourth-order valence-corrected chi connectivity index (χ4v) is 4.36. The summed E-state index contributed by atoms with van der Waals surface area (Å²) >= 11 is 0. The minimum absolute atomic E-state index is 0.0887. The summed E-state index contributed by atoms with van der Waals surface area (Å²) in [5, 5.41) is 3.72. The van der Waals surface area contributed by atoms with Gasteiger partial charge in [0, 0.05) is 24.9 Å². The van der Waals surface area contributed by atoms with Gasteiger partial charge in [-0.2, -0.15) is 0 Å². The fraction of sp³-hybridized carbons (Fsp3) is 0.571. The standard InChI is InChI=1S/C21H30N2O4S/c1-2-3-4-5-11-23-28(25,26)18-8-9-20-19(14-18)17(15-27-20)10-12-22-21(24)13-16-6-7-16/h8-9,14-16,23H,2-7,10-13H2,1H3,(H,22,24). The summed E-state index contributed by atoms with van der Waals surface area (Å²) in [5.41, 5.74) is 1.56. The molecule has 0 spiro atoms. The molecule has 3 rings (SSSR count). The van der Waals surface area contributed by atoms with Gasteiger partial charge in [-0.15, -0.1) is 0 Å². The second kappa shape index (κ2) is 9.56. The highest BCUT2D eigenvalue weighted by molar-refractivity contribution is 7.89. The summed E-state index contributed by atoms with van der Waals surface area (Å²) in [7, 11) is -3.54. The van der Waals surface area contributed by atoms with Crippen LogP contribution in [-0.4, -0.2) is 27.4 Å². The van der Waals surface area contributed by atoms with Crippen LogP contribution >= 0.6 is 0 Å². The van der Waals surface area contributed by atoms with Crippen molar-refractivity contribution in [2.75, 3.05) is 13.1 Å². The number of amides is 1. The van der Waals surface area contributed by atoms with Gasteiger partial charge in [0.2, 0.25) is 15.9 Å². The molecule has 1 amide bonds. The highest BCUT2D eigenvalue weighted by Crippen LogP contribution is 2.32. The van der Waals surface area contributed by atoms with Gasteiger partial charge in [-0.25, -0.2) is 13.1 Å².